The van der Waals surface area contributed by atoms with Crippen molar-refractivity contribution in [3.05, 3.63) is 108 Å². The zero-order valence-corrected chi connectivity index (χ0v) is 20.4. The van der Waals surface area contributed by atoms with Gasteiger partial charge in [-0.2, -0.15) is 0 Å². The van der Waals surface area contributed by atoms with Crippen LogP contribution in [0.25, 0.3) is 6.08 Å². The highest BCUT2D eigenvalue weighted by molar-refractivity contribution is 9.11. The summed E-state index contributed by atoms with van der Waals surface area (Å²) >= 11 is 7.05. The van der Waals surface area contributed by atoms with Gasteiger partial charge in [0, 0.05) is 17.7 Å². The van der Waals surface area contributed by atoms with Crippen LogP contribution in [0.1, 0.15) is 22.3 Å². The van der Waals surface area contributed by atoms with Crippen molar-refractivity contribution < 1.29 is 19.2 Å². The summed E-state index contributed by atoms with van der Waals surface area (Å²) in [6.07, 6.45) is 1.60. The summed E-state index contributed by atoms with van der Waals surface area (Å²) in [7, 11) is 0. The summed E-state index contributed by atoms with van der Waals surface area (Å²) in [4.78, 5) is 26.9. The minimum absolute atomic E-state index is 0.0566. The number of cyclic esters (lactones) is 1. The lowest BCUT2D eigenvalue weighted by Crippen LogP contribution is -2.05. The van der Waals surface area contributed by atoms with Crippen molar-refractivity contribution in [2.24, 2.45) is 4.99 Å². The second kappa shape index (κ2) is 9.68. The first-order valence-corrected chi connectivity index (χ1v) is 11.3. The number of nitro benzene ring substituents is 1. The number of nitrogens with zero attached hydrogens (tertiary/aromatic N) is 2. The van der Waals surface area contributed by atoms with E-state index in [1.165, 1.54) is 24.3 Å². The van der Waals surface area contributed by atoms with Gasteiger partial charge in [0.2, 0.25) is 5.90 Å². The van der Waals surface area contributed by atoms with Crippen LogP contribution in [0.2, 0.25) is 0 Å². The number of aliphatic imine (C=N–C) groups is 1. The quantitative estimate of drug-likeness (QED) is 0.149. The van der Waals surface area contributed by atoms with Gasteiger partial charge in [-0.05, 0) is 80.3 Å². The third-order valence-electron chi connectivity index (χ3n) is 4.74. The van der Waals surface area contributed by atoms with Crippen molar-refractivity contribution in [2.45, 2.75) is 13.5 Å². The van der Waals surface area contributed by atoms with Gasteiger partial charge in [0.25, 0.3) is 5.69 Å². The number of hydrogen-bond donors (Lipinski definition) is 0. The second-order valence-corrected chi connectivity index (χ2v) is 8.94. The molecule has 1 heterocycles. The normalized spacial score (nSPS) is 14.2. The SMILES string of the molecule is Cc1cccc(COc2c(Br)cc(/C=C3\N=C(c4ccc([N+](=O)[O-])cc4)OC3=O)cc2Br)c1. The Labute approximate surface area is 206 Å². The molecular formula is C24H16Br2N2O5. The van der Waals surface area contributed by atoms with Crippen molar-refractivity contribution in [1.29, 1.82) is 0 Å². The Morgan fingerprint density at radius 2 is 1.79 bits per heavy atom. The van der Waals surface area contributed by atoms with Gasteiger partial charge in [-0.25, -0.2) is 9.79 Å². The number of carbonyl (C=O) groups is 1. The summed E-state index contributed by atoms with van der Waals surface area (Å²) in [6, 6.07) is 17.3. The number of halogens is 2. The van der Waals surface area contributed by atoms with E-state index in [0.29, 0.717) is 32.4 Å². The molecule has 7 nitrogen and oxygen atoms in total. The van der Waals surface area contributed by atoms with Gasteiger partial charge in [-0.15, -0.1) is 0 Å². The van der Waals surface area contributed by atoms with Crippen LogP contribution in [-0.4, -0.2) is 16.8 Å². The van der Waals surface area contributed by atoms with Crippen molar-refractivity contribution in [2.75, 3.05) is 0 Å². The molecule has 0 aliphatic carbocycles. The maximum Gasteiger partial charge on any atom is 0.363 e. The molecule has 0 spiro atoms. The maximum atomic E-state index is 12.3. The number of hydrogen-bond acceptors (Lipinski definition) is 6. The van der Waals surface area contributed by atoms with Gasteiger partial charge in [-0.1, -0.05) is 29.8 Å². The molecule has 0 unspecified atom stereocenters. The van der Waals surface area contributed by atoms with E-state index in [-0.39, 0.29) is 17.3 Å². The molecule has 0 saturated heterocycles. The number of ether oxygens (including phenoxy) is 2. The Bertz CT molecular complexity index is 1290. The molecule has 3 aromatic carbocycles. The van der Waals surface area contributed by atoms with Crippen LogP contribution in [0.4, 0.5) is 5.69 Å². The summed E-state index contributed by atoms with van der Waals surface area (Å²) in [5, 5.41) is 10.8. The lowest BCUT2D eigenvalue weighted by Gasteiger charge is -2.12. The van der Waals surface area contributed by atoms with Gasteiger partial charge in [0.05, 0.1) is 13.9 Å². The minimum Gasteiger partial charge on any atom is -0.487 e. The number of nitro groups is 1. The molecule has 0 radical (unpaired) electrons. The van der Waals surface area contributed by atoms with E-state index in [1.807, 2.05) is 37.3 Å². The van der Waals surface area contributed by atoms with Crippen molar-refractivity contribution >= 4 is 55.5 Å². The predicted octanol–water partition coefficient (Wildman–Crippen LogP) is 6.35. The molecule has 1 aliphatic heterocycles. The van der Waals surface area contributed by atoms with Gasteiger partial charge < -0.3 is 9.47 Å². The van der Waals surface area contributed by atoms with Crippen molar-refractivity contribution in [3.63, 3.8) is 0 Å². The Kier molecular flexibility index (Phi) is 6.71. The molecule has 0 aromatic heterocycles. The van der Waals surface area contributed by atoms with Crippen molar-refractivity contribution in [1.82, 2.24) is 0 Å². The molecule has 0 atom stereocenters. The van der Waals surface area contributed by atoms with E-state index < -0.39 is 10.9 Å². The Balaban J connectivity index is 1.54. The van der Waals surface area contributed by atoms with Gasteiger partial charge in [-0.3, -0.25) is 10.1 Å². The van der Waals surface area contributed by atoms with E-state index in [2.05, 4.69) is 42.9 Å². The highest BCUT2D eigenvalue weighted by atomic mass is 79.9. The molecule has 4 rings (SSSR count). The fraction of sp³-hybridized carbons (Fsp3) is 0.0833. The van der Waals surface area contributed by atoms with E-state index in [4.69, 9.17) is 9.47 Å². The summed E-state index contributed by atoms with van der Waals surface area (Å²) < 4.78 is 12.6. The first kappa shape index (κ1) is 22.9. The van der Waals surface area contributed by atoms with E-state index in [0.717, 1.165) is 11.1 Å². The largest absolute Gasteiger partial charge is 0.487 e. The van der Waals surface area contributed by atoms with Crippen LogP contribution in [0.3, 0.4) is 0 Å². The zero-order valence-electron chi connectivity index (χ0n) is 17.2. The van der Waals surface area contributed by atoms with Gasteiger partial charge in [0.15, 0.2) is 5.70 Å². The topological polar surface area (TPSA) is 91.0 Å². The number of non-ortho nitro benzene ring substituents is 1. The third-order valence-corrected chi connectivity index (χ3v) is 5.91. The molecule has 3 aromatic rings. The summed E-state index contributed by atoms with van der Waals surface area (Å²) in [6.45, 7) is 2.44. The second-order valence-electron chi connectivity index (χ2n) is 7.23. The number of carbonyl (C=O) groups excluding carboxylic acids is 1. The first-order chi connectivity index (χ1) is 15.8. The van der Waals surface area contributed by atoms with Gasteiger partial charge >= 0.3 is 5.97 Å². The molecule has 0 N–H and O–H groups in total. The lowest BCUT2D eigenvalue weighted by molar-refractivity contribution is -0.384. The molecule has 1 aliphatic rings. The minimum atomic E-state index is -0.602. The maximum absolute atomic E-state index is 12.3. The van der Waals surface area contributed by atoms with Crippen LogP contribution in [0.5, 0.6) is 5.75 Å². The first-order valence-electron chi connectivity index (χ1n) is 9.75. The lowest BCUT2D eigenvalue weighted by atomic mass is 10.1. The highest BCUT2D eigenvalue weighted by Gasteiger charge is 2.25. The number of esters is 1. The molecule has 166 valence electrons. The van der Waals surface area contributed by atoms with Crippen LogP contribution in [0, 0.1) is 17.0 Å². The molecule has 0 saturated carbocycles. The summed E-state index contributed by atoms with van der Waals surface area (Å²) in [5.74, 6) is 0.135. The smallest absolute Gasteiger partial charge is 0.363 e. The van der Waals surface area contributed by atoms with Crippen LogP contribution in [0.15, 0.2) is 80.3 Å². The van der Waals surface area contributed by atoms with Crippen LogP contribution < -0.4 is 4.74 Å². The van der Waals surface area contributed by atoms with E-state index in [9.17, 15) is 14.9 Å². The average molecular weight is 572 g/mol. The zero-order chi connectivity index (χ0) is 23.5. The molecule has 0 bridgehead atoms. The predicted molar refractivity (Wildman–Crippen MR) is 131 cm³/mol. The average Bonchev–Trinajstić information content (AvgIpc) is 3.13. The molecular weight excluding hydrogens is 556 g/mol. The molecule has 0 fully saturated rings. The van der Waals surface area contributed by atoms with Crippen molar-refractivity contribution in [3.8, 4) is 5.75 Å². The Morgan fingerprint density at radius 3 is 2.42 bits per heavy atom. The standard InChI is InChI=1S/C24H16Br2N2O5/c1-14-3-2-4-15(9-14)13-32-22-19(25)10-16(11-20(22)26)12-21-24(29)33-23(27-21)17-5-7-18(8-6-17)28(30)31/h2-12H,13H2,1H3/b21-12-. The number of rotatable bonds is 6. The van der Waals surface area contributed by atoms with E-state index in [1.54, 1.807) is 6.08 Å². The van der Waals surface area contributed by atoms with Crippen LogP contribution >= 0.6 is 31.9 Å². The third kappa shape index (κ3) is 5.37. The molecule has 0 amide bonds. The number of benzene rings is 3. The Hall–Kier alpha value is -3.30. The van der Waals surface area contributed by atoms with Gasteiger partial charge in [0.1, 0.15) is 12.4 Å². The van der Waals surface area contributed by atoms with E-state index >= 15 is 0 Å². The highest BCUT2D eigenvalue weighted by Crippen LogP contribution is 2.36. The summed E-state index contributed by atoms with van der Waals surface area (Å²) in [5.41, 5.74) is 3.46. The Morgan fingerprint density at radius 1 is 1.09 bits per heavy atom. The monoisotopic (exact) mass is 570 g/mol. The fourth-order valence-corrected chi connectivity index (χ4v) is 4.63. The molecule has 9 heteroatoms. The number of aryl methyl sites for hydroxylation is 1. The van der Waals surface area contributed by atoms with Crippen LogP contribution in [-0.2, 0) is 16.1 Å². The molecule has 33 heavy (non-hydrogen) atoms. The fourth-order valence-electron chi connectivity index (χ4n) is 3.17.